The first-order valence-electron chi connectivity index (χ1n) is 30.6. The second kappa shape index (κ2) is 58.9. The van der Waals surface area contributed by atoms with Gasteiger partial charge in [-0.1, -0.05) is 294 Å². The van der Waals surface area contributed by atoms with Gasteiger partial charge in [0.05, 0.1) is 0 Å². The van der Waals surface area contributed by atoms with Crippen LogP contribution in [0.5, 0.6) is 0 Å². The highest BCUT2D eigenvalue weighted by Gasteiger charge is 2.19. The van der Waals surface area contributed by atoms with Crippen molar-refractivity contribution in [3.8, 4) is 0 Å². The van der Waals surface area contributed by atoms with Crippen LogP contribution in [0.2, 0.25) is 0 Å². The van der Waals surface area contributed by atoms with E-state index in [1.165, 1.54) is 193 Å². The Labute approximate surface area is 435 Å². The number of ether oxygens (including phenoxy) is 3. The maximum Gasteiger partial charge on any atom is 0.306 e. The van der Waals surface area contributed by atoms with Gasteiger partial charge in [-0.05, 0) is 57.8 Å². The highest BCUT2D eigenvalue weighted by Crippen LogP contribution is 2.17. The van der Waals surface area contributed by atoms with Gasteiger partial charge in [0, 0.05) is 19.3 Å². The first-order valence-corrected chi connectivity index (χ1v) is 30.6. The largest absolute Gasteiger partial charge is 0.462 e. The van der Waals surface area contributed by atoms with E-state index < -0.39 is 6.10 Å². The SMILES string of the molecule is CC/C=C\C/C=C\C/C=C\C/C=C\CCCCCCCCCCC(=O)OCC(COC(=O)CCCCCCCCCCCCCCCC)OC(=O)CCCCCCCCCCCCCCCCCCC. The van der Waals surface area contributed by atoms with Gasteiger partial charge in [-0.2, -0.15) is 0 Å². The third-order valence-corrected chi connectivity index (χ3v) is 13.6. The van der Waals surface area contributed by atoms with Crippen molar-refractivity contribution in [1.82, 2.24) is 0 Å². The molecule has 0 rings (SSSR count). The molecular weight excluding hydrogens is 865 g/mol. The topological polar surface area (TPSA) is 78.9 Å². The number of allylic oxidation sites excluding steroid dienone is 8. The fraction of sp³-hybridized carbons (Fsp3) is 0.828. The standard InChI is InChI=1S/C64H116O6/c1-4-7-10-13-16-19-22-25-28-30-31-32-33-35-36-39-42-45-48-51-54-57-63(66)69-60-61(59-68-62(65)56-53-50-47-44-41-38-27-24-21-18-15-12-9-6-3)70-64(67)58-55-52-49-46-43-40-37-34-29-26-23-20-17-14-11-8-5-2/h7,10,16,19,25,28,31-32,61H,4-6,8-9,11-15,17-18,20-24,26-27,29-30,33-60H2,1-3H3/b10-7-,19-16-,28-25-,32-31-. The zero-order chi connectivity index (χ0) is 50.7. The van der Waals surface area contributed by atoms with Crippen molar-refractivity contribution < 1.29 is 28.6 Å². The second-order valence-electron chi connectivity index (χ2n) is 20.6. The van der Waals surface area contributed by atoms with Crippen LogP contribution in [0.4, 0.5) is 0 Å². The lowest BCUT2D eigenvalue weighted by Gasteiger charge is -2.18. The van der Waals surface area contributed by atoms with Gasteiger partial charge in [-0.15, -0.1) is 0 Å². The molecule has 1 unspecified atom stereocenters. The number of rotatable bonds is 56. The van der Waals surface area contributed by atoms with Crippen LogP contribution >= 0.6 is 0 Å². The Bertz CT molecular complexity index is 1220. The molecule has 0 heterocycles. The molecule has 0 aliphatic rings. The average Bonchev–Trinajstić information content (AvgIpc) is 3.36. The van der Waals surface area contributed by atoms with E-state index in [1.54, 1.807) is 0 Å². The van der Waals surface area contributed by atoms with Crippen LogP contribution in [0.3, 0.4) is 0 Å². The van der Waals surface area contributed by atoms with Gasteiger partial charge in [-0.3, -0.25) is 14.4 Å². The van der Waals surface area contributed by atoms with Gasteiger partial charge in [-0.25, -0.2) is 0 Å². The van der Waals surface area contributed by atoms with Gasteiger partial charge < -0.3 is 14.2 Å². The molecule has 408 valence electrons. The minimum atomic E-state index is -0.773. The Kier molecular flexibility index (Phi) is 56.7. The van der Waals surface area contributed by atoms with Crippen molar-refractivity contribution in [3.05, 3.63) is 48.6 Å². The van der Waals surface area contributed by atoms with Crippen LogP contribution in [0.15, 0.2) is 48.6 Å². The van der Waals surface area contributed by atoms with Crippen molar-refractivity contribution in [2.45, 2.75) is 329 Å². The van der Waals surface area contributed by atoms with Crippen LogP contribution in [-0.2, 0) is 28.6 Å². The van der Waals surface area contributed by atoms with E-state index in [0.29, 0.717) is 19.3 Å². The van der Waals surface area contributed by atoms with Crippen molar-refractivity contribution in [2.24, 2.45) is 0 Å². The maximum absolute atomic E-state index is 12.9. The van der Waals surface area contributed by atoms with E-state index in [1.807, 2.05) is 0 Å². The Hall–Kier alpha value is -2.63. The number of carbonyl (C=O) groups excluding carboxylic acids is 3. The van der Waals surface area contributed by atoms with Crippen molar-refractivity contribution >= 4 is 17.9 Å². The summed E-state index contributed by atoms with van der Waals surface area (Å²) < 4.78 is 16.9. The van der Waals surface area contributed by atoms with E-state index in [0.717, 1.165) is 89.9 Å². The van der Waals surface area contributed by atoms with Crippen molar-refractivity contribution in [3.63, 3.8) is 0 Å². The molecular formula is C64H116O6. The summed E-state index contributed by atoms with van der Waals surface area (Å²) in [4.78, 5) is 38.2. The van der Waals surface area contributed by atoms with Crippen molar-refractivity contribution in [2.75, 3.05) is 13.2 Å². The van der Waals surface area contributed by atoms with Gasteiger partial charge in [0.25, 0.3) is 0 Å². The smallest absolute Gasteiger partial charge is 0.306 e. The molecule has 0 N–H and O–H groups in total. The second-order valence-corrected chi connectivity index (χ2v) is 20.6. The van der Waals surface area contributed by atoms with Gasteiger partial charge in [0.1, 0.15) is 13.2 Å². The molecule has 0 saturated carbocycles. The molecule has 0 spiro atoms. The molecule has 1 atom stereocenters. The summed E-state index contributed by atoms with van der Waals surface area (Å²) in [6.45, 7) is 6.57. The number of carbonyl (C=O) groups is 3. The zero-order valence-corrected chi connectivity index (χ0v) is 46.8. The highest BCUT2D eigenvalue weighted by molar-refractivity contribution is 5.71. The number of hydrogen-bond donors (Lipinski definition) is 0. The Morgan fingerprint density at radius 2 is 0.557 bits per heavy atom. The number of hydrogen-bond acceptors (Lipinski definition) is 6. The minimum Gasteiger partial charge on any atom is -0.462 e. The third kappa shape index (κ3) is 56.3. The summed E-state index contributed by atoms with van der Waals surface area (Å²) in [5, 5.41) is 0. The van der Waals surface area contributed by atoms with E-state index in [2.05, 4.69) is 69.4 Å². The highest BCUT2D eigenvalue weighted by atomic mass is 16.6. The van der Waals surface area contributed by atoms with Crippen LogP contribution in [0.25, 0.3) is 0 Å². The fourth-order valence-corrected chi connectivity index (χ4v) is 9.02. The molecule has 0 radical (unpaired) electrons. The summed E-state index contributed by atoms with van der Waals surface area (Å²) in [6.07, 6.45) is 72.5. The zero-order valence-electron chi connectivity index (χ0n) is 46.8. The molecule has 70 heavy (non-hydrogen) atoms. The molecule has 0 saturated heterocycles. The van der Waals surface area contributed by atoms with E-state index in [4.69, 9.17) is 14.2 Å². The maximum atomic E-state index is 12.9. The molecule has 6 nitrogen and oxygen atoms in total. The first kappa shape index (κ1) is 67.4. The lowest BCUT2D eigenvalue weighted by Crippen LogP contribution is -2.30. The molecule has 0 fully saturated rings. The normalized spacial score (nSPS) is 12.3. The predicted molar refractivity (Wildman–Crippen MR) is 302 cm³/mol. The van der Waals surface area contributed by atoms with Gasteiger partial charge in [0.15, 0.2) is 6.10 Å². The van der Waals surface area contributed by atoms with Gasteiger partial charge in [0.2, 0.25) is 0 Å². The molecule has 0 aromatic carbocycles. The number of unbranched alkanes of at least 4 members (excludes halogenated alkanes) is 37. The summed E-state index contributed by atoms with van der Waals surface area (Å²) in [6, 6.07) is 0. The van der Waals surface area contributed by atoms with Gasteiger partial charge >= 0.3 is 17.9 Å². The molecule has 6 heteroatoms. The molecule has 0 bridgehead atoms. The Morgan fingerprint density at radius 1 is 0.300 bits per heavy atom. The summed E-state index contributed by atoms with van der Waals surface area (Å²) in [5.74, 6) is -0.858. The molecule has 0 amide bonds. The fourth-order valence-electron chi connectivity index (χ4n) is 9.02. The summed E-state index contributed by atoms with van der Waals surface area (Å²) in [5.41, 5.74) is 0. The predicted octanol–water partition coefficient (Wildman–Crippen LogP) is 20.6. The lowest BCUT2D eigenvalue weighted by molar-refractivity contribution is -0.167. The quantitative estimate of drug-likeness (QED) is 0.0261. The van der Waals surface area contributed by atoms with Crippen LogP contribution in [-0.4, -0.2) is 37.2 Å². The van der Waals surface area contributed by atoms with Crippen molar-refractivity contribution in [1.29, 1.82) is 0 Å². The first-order chi connectivity index (χ1) is 34.5. The molecule has 0 aliphatic heterocycles. The average molecular weight is 982 g/mol. The Morgan fingerprint density at radius 3 is 0.871 bits per heavy atom. The molecule has 0 aromatic heterocycles. The molecule has 0 aromatic rings. The van der Waals surface area contributed by atoms with Crippen LogP contribution < -0.4 is 0 Å². The van der Waals surface area contributed by atoms with Crippen LogP contribution in [0.1, 0.15) is 323 Å². The molecule has 0 aliphatic carbocycles. The Balaban J connectivity index is 4.33. The number of esters is 3. The van der Waals surface area contributed by atoms with E-state index >= 15 is 0 Å². The lowest BCUT2D eigenvalue weighted by atomic mass is 10.0. The summed E-state index contributed by atoms with van der Waals surface area (Å²) in [7, 11) is 0. The van der Waals surface area contributed by atoms with E-state index in [9.17, 15) is 14.4 Å². The summed E-state index contributed by atoms with van der Waals surface area (Å²) >= 11 is 0. The monoisotopic (exact) mass is 981 g/mol. The van der Waals surface area contributed by atoms with Crippen LogP contribution in [0, 0.1) is 0 Å². The minimum absolute atomic E-state index is 0.0705. The van der Waals surface area contributed by atoms with E-state index in [-0.39, 0.29) is 31.1 Å². The third-order valence-electron chi connectivity index (χ3n) is 13.6.